The molecule has 1 fully saturated rings. The lowest BCUT2D eigenvalue weighted by atomic mass is 10.1. The fourth-order valence-corrected chi connectivity index (χ4v) is 2.75. The Hall–Kier alpha value is -2.53. The molecule has 1 saturated heterocycles. The first-order valence-electron chi connectivity index (χ1n) is 7.34. The quantitative estimate of drug-likeness (QED) is 0.804. The van der Waals surface area contributed by atoms with Crippen LogP contribution in [0.15, 0.2) is 48.7 Å². The van der Waals surface area contributed by atoms with E-state index in [0.29, 0.717) is 29.7 Å². The maximum atomic E-state index is 12.4. The van der Waals surface area contributed by atoms with E-state index in [1.165, 1.54) is 0 Å². The number of rotatable bonds is 3. The van der Waals surface area contributed by atoms with Crippen molar-refractivity contribution in [1.82, 2.24) is 14.9 Å². The Morgan fingerprint density at radius 1 is 1.26 bits per heavy atom. The third-order valence-corrected chi connectivity index (χ3v) is 4.11. The topological polar surface area (TPSA) is 58.2 Å². The molecule has 0 unspecified atom stereocenters. The summed E-state index contributed by atoms with van der Waals surface area (Å²) in [7, 11) is 0. The Kier molecular flexibility index (Phi) is 3.42. The summed E-state index contributed by atoms with van der Waals surface area (Å²) >= 11 is 5.79. The first-order valence-corrected chi connectivity index (χ1v) is 7.72. The second kappa shape index (κ2) is 5.59. The third-order valence-electron chi connectivity index (χ3n) is 3.88. The summed E-state index contributed by atoms with van der Waals surface area (Å²) in [6, 6.07) is 13.2. The van der Waals surface area contributed by atoms with Crippen molar-refractivity contribution in [2.45, 2.75) is 6.10 Å². The van der Waals surface area contributed by atoms with Gasteiger partial charge in [-0.05, 0) is 18.2 Å². The average Bonchev–Trinajstić information content (AvgIpc) is 2.96. The zero-order valence-corrected chi connectivity index (χ0v) is 13.0. The van der Waals surface area contributed by atoms with Gasteiger partial charge in [0, 0.05) is 23.2 Å². The van der Waals surface area contributed by atoms with Crippen molar-refractivity contribution in [2.75, 3.05) is 13.1 Å². The lowest BCUT2D eigenvalue weighted by molar-refractivity contribution is 0.0156. The molecule has 1 amide bonds. The number of para-hydroxylation sites is 1. The molecule has 3 heterocycles. The molecule has 1 aliphatic rings. The molecule has 116 valence electrons. The van der Waals surface area contributed by atoms with Crippen molar-refractivity contribution in [3.8, 4) is 5.88 Å². The highest BCUT2D eigenvalue weighted by Crippen LogP contribution is 2.21. The van der Waals surface area contributed by atoms with Crippen molar-refractivity contribution >= 4 is 28.4 Å². The number of amides is 1. The van der Waals surface area contributed by atoms with Crippen LogP contribution in [0, 0.1) is 0 Å². The molecular weight excluding hydrogens is 314 g/mol. The Labute approximate surface area is 137 Å². The van der Waals surface area contributed by atoms with Crippen molar-refractivity contribution in [1.29, 1.82) is 0 Å². The summed E-state index contributed by atoms with van der Waals surface area (Å²) in [5, 5.41) is 1.61. The van der Waals surface area contributed by atoms with Gasteiger partial charge in [0.15, 0.2) is 0 Å². The number of fused-ring (bicyclic) bond motifs is 1. The number of H-pyrrole nitrogens is 1. The van der Waals surface area contributed by atoms with Crippen LogP contribution in [0.25, 0.3) is 10.9 Å². The number of aromatic amines is 1. The number of hydrogen-bond donors (Lipinski definition) is 1. The van der Waals surface area contributed by atoms with E-state index in [2.05, 4.69) is 9.97 Å². The van der Waals surface area contributed by atoms with E-state index in [-0.39, 0.29) is 12.0 Å². The summed E-state index contributed by atoms with van der Waals surface area (Å²) in [5.74, 6) is 0.516. The second-order valence-corrected chi connectivity index (χ2v) is 5.97. The molecular formula is C17H14ClN3O2. The van der Waals surface area contributed by atoms with Gasteiger partial charge >= 0.3 is 0 Å². The van der Waals surface area contributed by atoms with Crippen molar-refractivity contribution < 1.29 is 9.53 Å². The number of ether oxygens (including phenoxy) is 1. The smallest absolute Gasteiger partial charge is 0.270 e. The van der Waals surface area contributed by atoms with Crippen LogP contribution in [0.1, 0.15) is 10.5 Å². The van der Waals surface area contributed by atoms with E-state index in [1.54, 1.807) is 23.2 Å². The Bertz CT molecular complexity index is 821. The summed E-state index contributed by atoms with van der Waals surface area (Å²) in [5.41, 5.74) is 1.57. The zero-order chi connectivity index (χ0) is 15.8. The van der Waals surface area contributed by atoms with Gasteiger partial charge in [0.1, 0.15) is 11.8 Å². The monoisotopic (exact) mass is 327 g/mol. The minimum absolute atomic E-state index is 0.00915. The highest BCUT2D eigenvalue weighted by Gasteiger charge is 2.33. The summed E-state index contributed by atoms with van der Waals surface area (Å²) in [6.07, 6.45) is 1.51. The largest absolute Gasteiger partial charge is 0.471 e. The van der Waals surface area contributed by atoms with Gasteiger partial charge in [-0.15, -0.1) is 0 Å². The van der Waals surface area contributed by atoms with E-state index in [9.17, 15) is 4.79 Å². The number of likely N-dealkylation sites (tertiary alicyclic amines) is 1. The van der Waals surface area contributed by atoms with E-state index in [1.807, 2.05) is 30.3 Å². The van der Waals surface area contributed by atoms with Gasteiger partial charge in [-0.2, -0.15) is 0 Å². The van der Waals surface area contributed by atoms with Gasteiger partial charge in [0.05, 0.1) is 18.1 Å². The van der Waals surface area contributed by atoms with Crippen LogP contribution in [0.3, 0.4) is 0 Å². The van der Waals surface area contributed by atoms with Gasteiger partial charge in [-0.25, -0.2) is 4.98 Å². The maximum absolute atomic E-state index is 12.4. The number of pyridine rings is 1. The van der Waals surface area contributed by atoms with Crippen LogP contribution < -0.4 is 4.74 Å². The van der Waals surface area contributed by atoms with Gasteiger partial charge in [-0.1, -0.05) is 29.8 Å². The first-order chi connectivity index (χ1) is 11.2. The SMILES string of the molecule is O=C(c1cc2ccccc2[nH]1)N1CC(Oc2ccc(Cl)cn2)C1. The third kappa shape index (κ3) is 2.75. The highest BCUT2D eigenvalue weighted by molar-refractivity contribution is 6.30. The van der Waals surface area contributed by atoms with Crippen LogP contribution in [-0.4, -0.2) is 40.0 Å². The summed E-state index contributed by atoms with van der Waals surface area (Å²) in [6.45, 7) is 1.11. The minimum Gasteiger partial charge on any atom is -0.471 e. The van der Waals surface area contributed by atoms with Gasteiger partial charge in [-0.3, -0.25) is 4.79 Å². The number of halogens is 1. The normalized spacial score (nSPS) is 14.7. The van der Waals surface area contributed by atoms with Gasteiger partial charge < -0.3 is 14.6 Å². The number of hydrogen-bond acceptors (Lipinski definition) is 3. The molecule has 3 aromatic rings. The van der Waals surface area contributed by atoms with Crippen LogP contribution in [0.2, 0.25) is 5.02 Å². The molecule has 0 aliphatic carbocycles. The minimum atomic E-state index is -0.0306. The fourth-order valence-electron chi connectivity index (χ4n) is 2.64. The van der Waals surface area contributed by atoms with Crippen LogP contribution in [0.4, 0.5) is 0 Å². The molecule has 5 nitrogen and oxygen atoms in total. The zero-order valence-electron chi connectivity index (χ0n) is 12.2. The molecule has 23 heavy (non-hydrogen) atoms. The Balaban J connectivity index is 1.39. The predicted molar refractivity (Wildman–Crippen MR) is 87.9 cm³/mol. The van der Waals surface area contributed by atoms with E-state index in [4.69, 9.17) is 16.3 Å². The number of nitrogens with one attached hydrogen (secondary N) is 1. The molecule has 1 N–H and O–H groups in total. The fraction of sp³-hybridized carbons (Fsp3) is 0.176. The number of nitrogens with zero attached hydrogens (tertiary/aromatic N) is 2. The van der Waals surface area contributed by atoms with Crippen LogP contribution in [-0.2, 0) is 0 Å². The van der Waals surface area contributed by atoms with Crippen molar-refractivity contribution in [2.24, 2.45) is 0 Å². The Morgan fingerprint density at radius 2 is 2.09 bits per heavy atom. The molecule has 0 radical (unpaired) electrons. The summed E-state index contributed by atoms with van der Waals surface area (Å²) < 4.78 is 5.71. The van der Waals surface area contributed by atoms with E-state index >= 15 is 0 Å². The van der Waals surface area contributed by atoms with Gasteiger partial charge in [0.2, 0.25) is 5.88 Å². The number of carbonyl (C=O) groups excluding carboxylic acids is 1. The molecule has 0 bridgehead atoms. The molecule has 2 aromatic heterocycles. The molecule has 0 atom stereocenters. The first kappa shape index (κ1) is 14.1. The lowest BCUT2D eigenvalue weighted by Gasteiger charge is -2.38. The highest BCUT2D eigenvalue weighted by atomic mass is 35.5. The van der Waals surface area contributed by atoms with Crippen LogP contribution in [0.5, 0.6) is 5.88 Å². The maximum Gasteiger partial charge on any atom is 0.270 e. The average molecular weight is 328 g/mol. The van der Waals surface area contributed by atoms with Crippen molar-refractivity contribution in [3.05, 3.63) is 59.4 Å². The number of carbonyl (C=O) groups is 1. The molecule has 0 spiro atoms. The van der Waals surface area contributed by atoms with Crippen LogP contribution >= 0.6 is 11.6 Å². The molecule has 6 heteroatoms. The number of benzene rings is 1. The van der Waals surface area contributed by atoms with Gasteiger partial charge in [0.25, 0.3) is 5.91 Å². The predicted octanol–water partition coefficient (Wildman–Crippen LogP) is 3.12. The molecule has 4 rings (SSSR count). The summed E-state index contributed by atoms with van der Waals surface area (Å²) in [4.78, 5) is 21.4. The molecule has 0 saturated carbocycles. The number of aromatic nitrogens is 2. The standard InChI is InChI=1S/C17H14ClN3O2/c18-12-5-6-16(19-8-12)23-13-9-21(10-13)17(22)15-7-11-3-1-2-4-14(11)20-15/h1-8,13,20H,9-10H2. The lowest BCUT2D eigenvalue weighted by Crippen LogP contribution is -2.56. The molecule has 1 aliphatic heterocycles. The van der Waals surface area contributed by atoms with E-state index < -0.39 is 0 Å². The van der Waals surface area contributed by atoms with Crippen molar-refractivity contribution in [3.63, 3.8) is 0 Å². The molecule has 1 aromatic carbocycles. The Morgan fingerprint density at radius 3 is 2.83 bits per heavy atom. The van der Waals surface area contributed by atoms with E-state index in [0.717, 1.165) is 10.9 Å². The second-order valence-electron chi connectivity index (χ2n) is 5.53.